The third kappa shape index (κ3) is 6.03. The first kappa shape index (κ1) is 18.6. The molecule has 2 aromatic rings. The number of ether oxygens (including phenoxy) is 1. The molecule has 0 unspecified atom stereocenters. The van der Waals surface area contributed by atoms with Crippen LogP contribution in [0.1, 0.15) is 18.9 Å². The molecule has 0 radical (unpaired) electrons. The van der Waals surface area contributed by atoms with Crippen LogP contribution >= 0.6 is 0 Å². The number of H-pyrrole nitrogens is 2. The first-order chi connectivity index (χ1) is 12.4. The van der Waals surface area contributed by atoms with Crippen LogP contribution in [-0.2, 0) is 9.59 Å². The molecule has 0 atom stereocenters. The van der Waals surface area contributed by atoms with Gasteiger partial charge in [0.05, 0.1) is 6.21 Å². The van der Waals surface area contributed by atoms with Gasteiger partial charge in [-0.25, -0.2) is 15.3 Å². The van der Waals surface area contributed by atoms with E-state index < -0.39 is 17.2 Å². The molecule has 1 aromatic heterocycles. The van der Waals surface area contributed by atoms with Gasteiger partial charge in [-0.15, -0.1) is 5.10 Å². The zero-order valence-electron chi connectivity index (χ0n) is 13.7. The Balaban J connectivity index is 1.75. The van der Waals surface area contributed by atoms with E-state index in [0.717, 1.165) is 0 Å². The van der Waals surface area contributed by atoms with Crippen LogP contribution in [0.3, 0.4) is 0 Å². The molecule has 11 nitrogen and oxygen atoms in total. The lowest BCUT2D eigenvalue weighted by atomic mass is 10.2. The van der Waals surface area contributed by atoms with E-state index in [9.17, 15) is 19.2 Å². The quantitative estimate of drug-likeness (QED) is 0.221. The van der Waals surface area contributed by atoms with Gasteiger partial charge in [0.15, 0.2) is 0 Å². The van der Waals surface area contributed by atoms with Gasteiger partial charge in [-0.3, -0.25) is 19.4 Å². The average Bonchev–Trinajstić information content (AvgIpc) is 2.58. The first-order valence-corrected chi connectivity index (χ1v) is 7.47. The Morgan fingerprint density at radius 2 is 2.00 bits per heavy atom. The molecule has 26 heavy (non-hydrogen) atoms. The van der Waals surface area contributed by atoms with Gasteiger partial charge in [0.2, 0.25) is 11.7 Å². The number of hydrogen-bond acceptors (Lipinski definition) is 8. The molecule has 0 saturated carbocycles. The molecule has 0 fully saturated rings. The third-order valence-electron chi connectivity index (χ3n) is 2.90. The van der Waals surface area contributed by atoms with Crippen LogP contribution in [0.5, 0.6) is 5.75 Å². The van der Waals surface area contributed by atoms with Gasteiger partial charge in [0, 0.05) is 19.9 Å². The predicted molar refractivity (Wildman–Crippen MR) is 92.1 cm³/mol. The summed E-state index contributed by atoms with van der Waals surface area (Å²) < 4.78 is 4.90. The number of nitrogens with zero attached hydrogens (tertiary/aromatic N) is 2. The molecule has 136 valence electrons. The normalized spacial score (nSPS) is 10.5. The summed E-state index contributed by atoms with van der Waals surface area (Å²) in [4.78, 5) is 46.7. The van der Waals surface area contributed by atoms with Crippen molar-refractivity contribution < 1.29 is 14.3 Å². The van der Waals surface area contributed by atoms with Gasteiger partial charge in [0.1, 0.15) is 5.75 Å². The van der Waals surface area contributed by atoms with Crippen molar-refractivity contribution in [3.05, 3.63) is 50.7 Å². The van der Waals surface area contributed by atoms with Crippen molar-refractivity contribution in [2.24, 2.45) is 5.10 Å². The van der Waals surface area contributed by atoms with Crippen molar-refractivity contribution in [3.63, 3.8) is 0 Å². The third-order valence-corrected chi connectivity index (χ3v) is 2.90. The fraction of sp³-hybridized carbons (Fsp3) is 0.200. The number of carbonyl (C=O) groups excluding carboxylic acids is 2. The number of rotatable bonds is 7. The number of benzene rings is 1. The Hall–Kier alpha value is -3.76. The largest absolute Gasteiger partial charge is 0.427 e. The minimum absolute atomic E-state index is 0.0307. The van der Waals surface area contributed by atoms with E-state index in [0.29, 0.717) is 11.3 Å². The van der Waals surface area contributed by atoms with E-state index >= 15 is 0 Å². The van der Waals surface area contributed by atoms with Gasteiger partial charge in [0.25, 0.3) is 5.56 Å². The van der Waals surface area contributed by atoms with Crippen LogP contribution in [0.15, 0.2) is 39.0 Å². The van der Waals surface area contributed by atoms with E-state index in [2.05, 4.69) is 26.0 Å². The smallest absolute Gasteiger partial charge is 0.342 e. The maximum absolute atomic E-state index is 11.7. The summed E-state index contributed by atoms with van der Waals surface area (Å²) in [5, 5.41) is 12.0. The fourth-order valence-electron chi connectivity index (χ4n) is 1.78. The van der Waals surface area contributed by atoms with Crippen molar-refractivity contribution in [2.75, 3.05) is 11.9 Å². The predicted octanol–water partition coefficient (Wildman–Crippen LogP) is -0.664. The topological polar surface area (TPSA) is 158 Å². The van der Waals surface area contributed by atoms with E-state index in [1.54, 1.807) is 24.3 Å². The number of hydrazone groups is 1. The Kier molecular flexibility index (Phi) is 6.37. The molecule has 0 aliphatic carbocycles. The van der Waals surface area contributed by atoms with E-state index in [1.165, 1.54) is 13.1 Å². The van der Waals surface area contributed by atoms with Crippen molar-refractivity contribution >= 4 is 23.9 Å². The Bertz CT molecular complexity index is 915. The van der Waals surface area contributed by atoms with Crippen LogP contribution in [0.2, 0.25) is 0 Å². The van der Waals surface area contributed by atoms with Crippen molar-refractivity contribution in [1.29, 1.82) is 0 Å². The van der Waals surface area contributed by atoms with Crippen LogP contribution < -0.4 is 26.7 Å². The van der Waals surface area contributed by atoms with Crippen LogP contribution in [0, 0.1) is 0 Å². The number of anilines is 1. The second-order valence-electron chi connectivity index (χ2n) is 4.99. The summed E-state index contributed by atoms with van der Waals surface area (Å²) >= 11 is 0. The Morgan fingerprint density at radius 1 is 1.27 bits per heavy atom. The van der Waals surface area contributed by atoms with Gasteiger partial charge >= 0.3 is 11.7 Å². The Morgan fingerprint density at radius 3 is 2.65 bits per heavy atom. The second kappa shape index (κ2) is 8.92. The summed E-state index contributed by atoms with van der Waals surface area (Å²) in [7, 11) is 0. The van der Waals surface area contributed by atoms with E-state index in [1.807, 2.05) is 4.98 Å². The molecule has 11 heteroatoms. The van der Waals surface area contributed by atoms with Gasteiger partial charge in [-0.2, -0.15) is 5.10 Å². The highest BCUT2D eigenvalue weighted by atomic mass is 16.5. The van der Waals surface area contributed by atoms with Crippen LogP contribution in [0.25, 0.3) is 0 Å². The minimum Gasteiger partial charge on any atom is -0.427 e. The fourth-order valence-corrected chi connectivity index (χ4v) is 1.78. The molecular formula is C15H16N6O5. The molecule has 0 bridgehead atoms. The summed E-state index contributed by atoms with van der Waals surface area (Å²) in [6.07, 6.45) is 1.46. The highest BCUT2D eigenvalue weighted by Crippen LogP contribution is 2.11. The number of esters is 1. The molecule has 1 amide bonds. The number of amides is 1. The zero-order chi connectivity index (χ0) is 18.9. The monoisotopic (exact) mass is 360 g/mol. The lowest BCUT2D eigenvalue weighted by Gasteiger charge is -2.03. The SMILES string of the molecule is CC(=O)Oc1ccc(/C=N/NC(=O)CCNc2n[nH]c(=O)[nH]c2=O)cc1. The summed E-state index contributed by atoms with van der Waals surface area (Å²) in [6, 6.07) is 6.54. The summed E-state index contributed by atoms with van der Waals surface area (Å²) in [5.74, 6) is -0.470. The number of hydrogen-bond donors (Lipinski definition) is 4. The van der Waals surface area contributed by atoms with Crippen LogP contribution in [0.4, 0.5) is 5.82 Å². The highest BCUT2D eigenvalue weighted by Gasteiger charge is 2.03. The molecule has 0 saturated heterocycles. The zero-order valence-corrected chi connectivity index (χ0v) is 13.7. The van der Waals surface area contributed by atoms with Gasteiger partial charge in [-0.1, -0.05) is 0 Å². The number of aromatic nitrogens is 3. The number of aromatic amines is 2. The lowest BCUT2D eigenvalue weighted by molar-refractivity contribution is -0.131. The molecule has 0 aliphatic heterocycles. The minimum atomic E-state index is -0.714. The Labute approximate surface area is 146 Å². The molecule has 0 spiro atoms. The van der Waals surface area contributed by atoms with Crippen molar-refractivity contribution in [2.45, 2.75) is 13.3 Å². The first-order valence-electron chi connectivity index (χ1n) is 7.47. The molecular weight excluding hydrogens is 344 g/mol. The summed E-state index contributed by atoms with van der Waals surface area (Å²) in [5.41, 5.74) is 1.64. The van der Waals surface area contributed by atoms with Gasteiger partial charge < -0.3 is 10.1 Å². The maximum Gasteiger partial charge on any atom is 0.342 e. The standard InChI is InChI=1S/C15H16N6O5/c1-9(22)26-11-4-2-10(3-5-11)8-17-19-12(23)6-7-16-13-14(24)18-15(25)21-20-13/h2-5,8H,6-7H2,1H3,(H,16,20)(H,19,23)(H2,18,21,24,25)/b17-8+. The van der Waals surface area contributed by atoms with Gasteiger partial charge in [-0.05, 0) is 29.8 Å². The molecule has 1 heterocycles. The second-order valence-corrected chi connectivity index (χ2v) is 4.99. The van der Waals surface area contributed by atoms with E-state index in [-0.39, 0.29) is 24.7 Å². The van der Waals surface area contributed by atoms with Crippen molar-refractivity contribution in [1.82, 2.24) is 20.6 Å². The maximum atomic E-state index is 11.7. The van der Waals surface area contributed by atoms with E-state index in [4.69, 9.17) is 4.74 Å². The number of nitrogens with one attached hydrogen (secondary N) is 4. The average molecular weight is 360 g/mol. The molecule has 1 aromatic carbocycles. The highest BCUT2D eigenvalue weighted by molar-refractivity contribution is 5.82. The summed E-state index contributed by atoms with van der Waals surface area (Å²) in [6.45, 7) is 1.43. The molecule has 0 aliphatic rings. The lowest BCUT2D eigenvalue weighted by Crippen LogP contribution is -2.28. The molecule has 2 rings (SSSR count). The van der Waals surface area contributed by atoms with Crippen molar-refractivity contribution in [3.8, 4) is 5.75 Å². The molecule has 4 N–H and O–H groups in total. The van der Waals surface area contributed by atoms with Crippen LogP contribution in [-0.4, -0.2) is 39.8 Å². The number of carbonyl (C=O) groups is 2.